The van der Waals surface area contributed by atoms with Crippen LogP contribution in [0.25, 0.3) is 22.4 Å². The minimum Gasteiger partial charge on any atom is -0.378 e. The first kappa shape index (κ1) is 17.8. The van der Waals surface area contributed by atoms with Gasteiger partial charge in [0.1, 0.15) is 11.3 Å². The number of fused-ring (bicyclic) bond motifs is 1. The molecular formula is C21H19N5O2S. The lowest BCUT2D eigenvalue weighted by molar-refractivity contribution is 0.102. The monoisotopic (exact) mass is 405 g/mol. The van der Waals surface area contributed by atoms with Crippen LogP contribution in [0.3, 0.4) is 0 Å². The van der Waals surface area contributed by atoms with E-state index in [1.807, 2.05) is 29.6 Å². The maximum Gasteiger partial charge on any atom is 0.259 e. The highest BCUT2D eigenvalue weighted by Crippen LogP contribution is 2.27. The molecular weight excluding hydrogens is 386 g/mol. The molecule has 7 nitrogen and oxygen atoms in total. The number of ether oxygens (including phenoxy) is 1. The van der Waals surface area contributed by atoms with E-state index < -0.39 is 0 Å². The zero-order chi connectivity index (χ0) is 19.6. The van der Waals surface area contributed by atoms with Crippen molar-refractivity contribution < 1.29 is 9.53 Å². The van der Waals surface area contributed by atoms with E-state index >= 15 is 0 Å². The van der Waals surface area contributed by atoms with E-state index in [0.29, 0.717) is 16.2 Å². The molecule has 0 bridgehead atoms. The van der Waals surface area contributed by atoms with Crippen LogP contribution in [0.4, 0.5) is 10.8 Å². The Morgan fingerprint density at radius 2 is 2.03 bits per heavy atom. The van der Waals surface area contributed by atoms with Gasteiger partial charge in [-0.2, -0.15) is 0 Å². The van der Waals surface area contributed by atoms with Crippen LogP contribution >= 0.6 is 11.3 Å². The van der Waals surface area contributed by atoms with E-state index in [2.05, 4.69) is 32.3 Å². The summed E-state index contributed by atoms with van der Waals surface area (Å²) in [6.07, 6.45) is 1.66. The number of morpholine rings is 1. The number of aromatic nitrogens is 3. The topological polar surface area (TPSA) is 83.1 Å². The lowest BCUT2D eigenvalue weighted by Gasteiger charge is -2.29. The third-order valence-electron chi connectivity index (χ3n) is 4.91. The normalized spacial score (nSPS) is 14.3. The molecule has 0 unspecified atom stereocenters. The second-order valence-corrected chi connectivity index (χ2v) is 7.62. The maximum atomic E-state index is 12.7. The van der Waals surface area contributed by atoms with Crippen LogP contribution in [0.2, 0.25) is 0 Å². The van der Waals surface area contributed by atoms with Crippen LogP contribution in [0.15, 0.2) is 54.0 Å². The number of amides is 1. The lowest BCUT2D eigenvalue weighted by Crippen LogP contribution is -2.36. The summed E-state index contributed by atoms with van der Waals surface area (Å²) in [6, 6.07) is 13.8. The molecule has 2 aromatic carbocycles. The van der Waals surface area contributed by atoms with Crippen LogP contribution in [0, 0.1) is 0 Å². The molecule has 146 valence electrons. The van der Waals surface area contributed by atoms with E-state index in [-0.39, 0.29) is 5.91 Å². The first-order valence-corrected chi connectivity index (χ1v) is 10.3. The number of nitrogens with zero attached hydrogens (tertiary/aromatic N) is 3. The highest BCUT2D eigenvalue weighted by molar-refractivity contribution is 7.13. The number of benzene rings is 2. The lowest BCUT2D eigenvalue weighted by atomic mass is 10.1. The number of anilines is 2. The molecule has 0 atom stereocenters. The first-order valence-electron chi connectivity index (χ1n) is 9.41. The highest BCUT2D eigenvalue weighted by Gasteiger charge is 2.17. The zero-order valence-corrected chi connectivity index (χ0v) is 16.4. The van der Waals surface area contributed by atoms with Gasteiger partial charge in [0, 0.05) is 35.9 Å². The van der Waals surface area contributed by atoms with Crippen molar-refractivity contribution in [3.05, 3.63) is 59.6 Å². The minimum atomic E-state index is -0.217. The standard InChI is InChI=1S/C21H19N5O2S/c27-20(25-21-22-7-12-29-21)16-5-2-6-17-18(16)24-19(23-17)14-3-1-4-15(13-14)26-8-10-28-11-9-26/h1-7,12-13H,8-11H2,(H,23,24)(H,22,25,27). The van der Waals surface area contributed by atoms with Crippen LogP contribution in [-0.2, 0) is 4.74 Å². The van der Waals surface area contributed by atoms with E-state index in [0.717, 1.165) is 48.9 Å². The average Bonchev–Trinajstić information content (AvgIpc) is 3.44. The fraction of sp³-hybridized carbons (Fsp3) is 0.190. The van der Waals surface area contributed by atoms with Gasteiger partial charge >= 0.3 is 0 Å². The first-order chi connectivity index (χ1) is 14.3. The Morgan fingerprint density at radius 3 is 2.86 bits per heavy atom. The molecule has 8 heteroatoms. The molecule has 0 radical (unpaired) electrons. The largest absolute Gasteiger partial charge is 0.378 e. The molecule has 1 aliphatic rings. The molecule has 2 aromatic heterocycles. The number of hydrogen-bond acceptors (Lipinski definition) is 6. The maximum absolute atomic E-state index is 12.7. The van der Waals surface area contributed by atoms with Crippen molar-refractivity contribution in [1.82, 2.24) is 15.0 Å². The van der Waals surface area contributed by atoms with Gasteiger partial charge in [-0.1, -0.05) is 18.2 Å². The quantitative estimate of drug-likeness (QED) is 0.540. The smallest absolute Gasteiger partial charge is 0.259 e. The molecule has 0 spiro atoms. The Kier molecular flexibility index (Phi) is 4.71. The summed E-state index contributed by atoms with van der Waals surface area (Å²) in [6.45, 7) is 3.24. The molecule has 1 fully saturated rings. The highest BCUT2D eigenvalue weighted by atomic mass is 32.1. The Balaban J connectivity index is 1.48. The van der Waals surface area contributed by atoms with Gasteiger partial charge in [-0.3, -0.25) is 10.1 Å². The SMILES string of the molecule is O=C(Nc1nccs1)c1cccc2[nH]c(-c3cccc(N4CCOCC4)c3)nc12. The van der Waals surface area contributed by atoms with Gasteiger partial charge in [0.15, 0.2) is 5.13 Å². The van der Waals surface area contributed by atoms with E-state index in [9.17, 15) is 4.79 Å². The summed E-state index contributed by atoms with van der Waals surface area (Å²) in [5.41, 5.74) is 4.12. The van der Waals surface area contributed by atoms with Crippen molar-refractivity contribution in [3.8, 4) is 11.4 Å². The summed E-state index contributed by atoms with van der Waals surface area (Å²) in [5.74, 6) is 0.523. The van der Waals surface area contributed by atoms with Crippen LogP contribution in [0.1, 0.15) is 10.4 Å². The Labute approximate surface area is 171 Å². The number of imidazole rings is 1. The molecule has 1 amide bonds. The molecule has 1 saturated heterocycles. The van der Waals surface area contributed by atoms with E-state index in [1.165, 1.54) is 11.3 Å². The van der Waals surface area contributed by atoms with Gasteiger partial charge in [0.2, 0.25) is 0 Å². The number of carbonyl (C=O) groups is 1. The Hall–Kier alpha value is -3.23. The van der Waals surface area contributed by atoms with Crippen LogP contribution in [0.5, 0.6) is 0 Å². The summed E-state index contributed by atoms with van der Waals surface area (Å²) >= 11 is 1.38. The van der Waals surface area contributed by atoms with Gasteiger partial charge in [0.05, 0.1) is 24.3 Å². The van der Waals surface area contributed by atoms with Gasteiger partial charge in [0.25, 0.3) is 5.91 Å². The van der Waals surface area contributed by atoms with Crippen molar-refractivity contribution in [1.29, 1.82) is 0 Å². The second kappa shape index (κ2) is 7.65. The van der Waals surface area contributed by atoms with E-state index in [1.54, 1.807) is 12.3 Å². The van der Waals surface area contributed by atoms with Crippen molar-refractivity contribution in [2.45, 2.75) is 0 Å². The van der Waals surface area contributed by atoms with Crippen LogP contribution < -0.4 is 10.2 Å². The van der Waals surface area contributed by atoms with Crippen molar-refractivity contribution in [3.63, 3.8) is 0 Å². The Bertz CT molecular complexity index is 1150. The number of para-hydroxylation sites is 1. The predicted octanol–water partition coefficient (Wildman–Crippen LogP) is 3.78. The average molecular weight is 405 g/mol. The predicted molar refractivity (Wildman–Crippen MR) is 115 cm³/mol. The molecule has 29 heavy (non-hydrogen) atoms. The van der Waals surface area contributed by atoms with Crippen LogP contribution in [-0.4, -0.2) is 47.2 Å². The molecule has 5 rings (SSSR count). The molecule has 0 saturated carbocycles. The second-order valence-electron chi connectivity index (χ2n) is 6.73. The summed E-state index contributed by atoms with van der Waals surface area (Å²) < 4.78 is 5.45. The number of aromatic amines is 1. The minimum absolute atomic E-state index is 0.217. The third kappa shape index (κ3) is 3.59. The van der Waals surface area contributed by atoms with Gasteiger partial charge in [-0.15, -0.1) is 11.3 Å². The third-order valence-corrected chi connectivity index (χ3v) is 5.59. The zero-order valence-electron chi connectivity index (χ0n) is 15.6. The van der Waals surface area contributed by atoms with Crippen molar-refractivity contribution in [2.24, 2.45) is 0 Å². The van der Waals surface area contributed by atoms with E-state index in [4.69, 9.17) is 9.72 Å². The van der Waals surface area contributed by atoms with Crippen molar-refractivity contribution >= 4 is 39.1 Å². The molecule has 4 aromatic rings. The van der Waals surface area contributed by atoms with Gasteiger partial charge < -0.3 is 14.6 Å². The molecule has 0 aliphatic carbocycles. The summed E-state index contributed by atoms with van der Waals surface area (Å²) in [7, 11) is 0. The van der Waals surface area contributed by atoms with Gasteiger partial charge in [-0.25, -0.2) is 9.97 Å². The fourth-order valence-electron chi connectivity index (χ4n) is 3.47. The molecule has 2 N–H and O–H groups in total. The number of hydrogen-bond donors (Lipinski definition) is 2. The number of thiazole rings is 1. The molecule has 1 aliphatic heterocycles. The van der Waals surface area contributed by atoms with Gasteiger partial charge in [-0.05, 0) is 24.3 Å². The number of carbonyl (C=O) groups excluding carboxylic acids is 1. The number of H-pyrrole nitrogens is 1. The fourth-order valence-corrected chi connectivity index (χ4v) is 4.00. The molecule has 3 heterocycles. The van der Waals surface area contributed by atoms with Crippen molar-refractivity contribution in [2.75, 3.05) is 36.5 Å². The number of nitrogens with one attached hydrogen (secondary N) is 2. The summed E-state index contributed by atoms with van der Waals surface area (Å²) in [5, 5.41) is 5.22. The Morgan fingerprint density at radius 1 is 1.17 bits per heavy atom. The number of rotatable bonds is 4. The summed E-state index contributed by atoms with van der Waals surface area (Å²) in [4.78, 5) is 27.2.